The van der Waals surface area contributed by atoms with Crippen molar-refractivity contribution in [1.29, 1.82) is 0 Å². The monoisotopic (exact) mass is 286 g/mol. The zero-order valence-corrected chi connectivity index (χ0v) is 11.7. The minimum Gasteiger partial charge on any atom is -0.411 e. The summed E-state index contributed by atoms with van der Waals surface area (Å²) in [5.74, 6) is -0.702. The van der Waals surface area contributed by atoms with Gasteiger partial charge in [-0.3, -0.25) is 4.79 Å². The Balaban J connectivity index is 2.30. The summed E-state index contributed by atoms with van der Waals surface area (Å²) in [5.41, 5.74) is 2.31. The van der Waals surface area contributed by atoms with Crippen LogP contribution < -0.4 is 5.32 Å². The fourth-order valence-electron chi connectivity index (χ4n) is 1.94. The highest BCUT2D eigenvalue weighted by Gasteiger charge is 2.11. The fourth-order valence-corrected chi connectivity index (χ4v) is 1.94. The van der Waals surface area contributed by atoms with E-state index >= 15 is 0 Å². The second-order valence-electron chi connectivity index (χ2n) is 4.65. The molecule has 0 aromatic heterocycles. The molecule has 4 nitrogen and oxygen atoms in total. The second kappa shape index (κ2) is 6.17. The summed E-state index contributed by atoms with van der Waals surface area (Å²) in [5, 5.41) is 14.7. The van der Waals surface area contributed by atoms with Crippen molar-refractivity contribution in [1.82, 2.24) is 0 Å². The molecule has 2 N–H and O–H groups in total. The third-order valence-corrected chi connectivity index (χ3v) is 3.14. The van der Waals surface area contributed by atoms with Gasteiger partial charge in [-0.1, -0.05) is 23.4 Å². The number of halogens is 1. The number of oxime groups is 1. The number of hydrogen-bond acceptors (Lipinski definition) is 3. The van der Waals surface area contributed by atoms with Crippen LogP contribution in [0, 0.1) is 12.7 Å². The van der Waals surface area contributed by atoms with Gasteiger partial charge in [0.2, 0.25) is 0 Å². The number of carbonyl (C=O) groups is 1. The summed E-state index contributed by atoms with van der Waals surface area (Å²) in [6, 6.07) is 11.2. The first kappa shape index (κ1) is 14.7. The van der Waals surface area contributed by atoms with Crippen LogP contribution in [0.5, 0.6) is 0 Å². The first-order chi connectivity index (χ1) is 10.0. The summed E-state index contributed by atoms with van der Waals surface area (Å²) in [6.07, 6.45) is 0. The number of nitrogens with zero attached hydrogens (tertiary/aromatic N) is 1. The molecule has 0 spiro atoms. The summed E-state index contributed by atoms with van der Waals surface area (Å²) in [6.45, 7) is 3.23. The number of benzene rings is 2. The predicted octanol–water partition coefficient (Wildman–Crippen LogP) is 3.58. The van der Waals surface area contributed by atoms with Gasteiger partial charge in [-0.05, 0) is 43.7 Å². The van der Waals surface area contributed by atoms with Gasteiger partial charge in [-0.2, -0.15) is 0 Å². The SMILES string of the molecule is CC(=NO)c1ccccc1NC(=O)c1ccc(F)c(C)c1. The third kappa shape index (κ3) is 3.25. The maximum absolute atomic E-state index is 13.2. The van der Waals surface area contributed by atoms with E-state index in [-0.39, 0.29) is 11.7 Å². The van der Waals surface area contributed by atoms with E-state index in [9.17, 15) is 9.18 Å². The van der Waals surface area contributed by atoms with Crippen molar-refractivity contribution in [3.8, 4) is 0 Å². The number of aryl methyl sites for hydroxylation is 1. The van der Waals surface area contributed by atoms with Gasteiger partial charge >= 0.3 is 0 Å². The maximum Gasteiger partial charge on any atom is 0.255 e. The lowest BCUT2D eigenvalue weighted by Gasteiger charge is -2.10. The summed E-state index contributed by atoms with van der Waals surface area (Å²) < 4.78 is 13.2. The van der Waals surface area contributed by atoms with Gasteiger partial charge < -0.3 is 10.5 Å². The molecule has 0 saturated heterocycles. The summed E-state index contributed by atoms with van der Waals surface area (Å²) >= 11 is 0. The fraction of sp³-hybridized carbons (Fsp3) is 0.125. The van der Waals surface area contributed by atoms with Gasteiger partial charge in [0.15, 0.2) is 0 Å². The van der Waals surface area contributed by atoms with Gasteiger partial charge in [0.05, 0.1) is 11.4 Å². The second-order valence-corrected chi connectivity index (χ2v) is 4.65. The van der Waals surface area contributed by atoms with E-state index in [0.29, 0.717) is 28.1 Å². The Morgan fingerprint density at radius 1 is 1.24 bits per heavy atom. The van der Waals surface area contributed by atoms with Crippen LogP contribution >= 0.6 is 0 Å². The average molecular weight is 286 g/mol. The molecule has 0 bridgehead atoms. The number of amides is 1. The smallest absolute Gasteiger partial charge is 0.255 e. The maximum atomic E-state index is 13.2. The number of carbonyl (C=O) groups excluding carboxylic acids is 1. The molecule has 2 aromatic rings. The van der Waals surface area contributed by atoms with Crippen LogP contribution in [0.2, 0.25) is 0 Å². The molecule has 2 rings (SSSR count). The van der Waals surface area contributed by atoms with Gasteiger partial charge in [0.1, 0.15) is 5.82 Å². The first-order valence-electron chi connectivity index (χ1n) is 6.38. The molecule has 5 heteroatoms. The number of para-hydroxylation sites is 1. The first-order valence-corrected chi connectivity index (χ1v) is 6.38. The van der Waals surface area contributed by atoms with Crippen molar-refractivity contribution in [2.45, 2.75) is 13.8 Å². The van der Waals surface area contributed by atoms with Crippen molar-refractivity contribution < 1.29 is 14.4 Å². The molecule has 1 amide bonds. The standard InChI is InChI=1S/C16H15FN2O2/c1-10-9-12(7-8-14(10)17)16(20)18-15-6-4-3-5-13(15)11(2)19-21/h3-9,21H,1-2H3,(H,18,20). The Bertz CT molecular complexity index is 711. The van der Waals surface area contributed by atoms with Crippen LogP contribution in [0.1, 0.15) is 28.4 Å². The third-order valence-electron chi connectivity index (χ3n) is 3.14. The van der Waals surface area contributed by atoms with Gasteiger partial charge in [0.25, 0.3) is 5.91 Å². The lowest BCUT2D eigenvalue weighted by molar-refractivity contribution is 0.102. The van der Waals surface area contributed by atoms with Crippen LogP contribution in [0.15, 0.2) is 47.6 Å². The lowest BCUT2D eigenvalue weighted by atomic mass is 10.1. The van der Waals surface area contributed by atoms with Crippen molar-refractivity contribution in [3.63, 3.8) is 0 Å². The van der Waals surface area contributed by atoms with Gasteiger partial charge in [0, 0.05) is 11.1 Å². The van der Waals surface area contributed by atoms with Crippen LogP contribution in [0.25, 0.3) is 0 Å². The minimum atomic E-state index is -0.352. The van der Waals surface area contributed by atoms with Crippen LogP contribution in [-0.2, 0) is 0 Å². The Morgan fingerprint density at radius 3 is 2.62 bits per heavy atom. The van der Waals surface area contributed by atoms with E-state index in [2.05, 4.69) is 10.5 Å². The highest BCUT2D eigenvalue weighted by atomic mass is 19.1. The quantitative estimate of drug-likeness (QED) is 0.514. The van der Waals surface area contributed by atoms with Crippen molar-refractivity contribution in [3.05, 3.63) is 65.0 Å². The van der Waals surface area contributed by atoms with Crippen molar-refractivity contribution >= 4 is 17.3 Å². The van der Waals surface area contributed by atoms with E-state index in [0.717, 1.165) is 0 Å². The molecule has 108 valence electrons. The number of hydrogen-bond donors (Lipinski definition) is 2. The Labute approximate surface area is 121 Å². The predicted molar refractivity (Wildman–Crippen MR) is 79.5 cm³/mol. The normalized spacial score (nSPS) is 11.3. The van der Waals surface area contributed by atoms with Crippen molar-refractivity contribution in [2.75, 3.05) is 5.32 Å². The van der Waals surface area contributed by atoms with E-state index in [1.807, 2.05) is 0 Å². The Hall–Kier alpha value is -2.69. The van der Waals surface area contributed by atoms with Gasteiger partial charge in [-0.15, -0.1) is 0 Å². The van der Waals surface area contributed by atoms with Crippen LogP contribution in [0.4, 0.5) is 10.1 Å². The Morgan fingerprint density at radius 2 is 1.95 bits per heavy atom. The molecule has 0 aliphatic carbocycles. The van der Waals surface area contributed by atoms with E-state index in [1.165, 1.54) is 18.2 Å². The van der Waals surface area contributed by atoms with E-state index < -0.39 is 0 Å². The van der Waals surface area contributed by atoms with Crippen LogP contribution in [0.3, 0.4) is 0 Å². The minimum absolute atomic E-state index is 0.351. The van der Waals surface area contributed by atoms with Crippen molar-refractivity contribution in [2.24, 2.45) is 5.16 Å². The highest BCUT2D eigenvalue weighted by Crippen LogP contribution is 2.18. The van der Waals surface area contributed by atoms with E-state index in [1.54, 1.807) is 38.1 Å². The molecule has 0 saturated carbocycles. The zero-order chi connectivity index (χ0) is 15.4. The summed E-state index contributed by atoms with van der Waals surface area (Å²) in [4.78, 5) is 12.2. The number of rotatable bonds is 3. The molecule has 21 heavy (non-hydrogen) atoms. The summed E-state index contributed by atoms with van der Waals surface area (Å²) in [7, 11) is 0. The molecular weight excluding hydrogens is 271 g/mol. The molecule has 0 radical (unpaired) electrons. The average Bonchev–Trinajstić information content (AvgIpc) is 2.49. The number of nitrogens with one attached hydrogen (secondary N) is 1. The lowest BCUT2D eigenvalue weighted by Crippen LogP contribution is -2.14. The molecule has 0 atom stereocenters. The topological polar surface area (TPSA) is 61.7 Å². The zero-order valence-electron chi connectivity index (χ0n) is 11.7. The molecule has 0 unspecified atom stereocenters. The Kier molecular flexibility index (Phi) is 4.33. The molecule has 0 aliphatic rings. The number of anilines is 1. The largest absolute Gasteiger partial charge is 0.411 e. The molecule has 0 aliphatic heterocycles. The molecule has 0 fully saturated rings. The molecule has 2 aromatic carbocycles. The van der Waals surface area contributed by atoms with E-state index in [4.69, 9.17) is 5.21 Å². The highest BCUT2D eigenvalue weighted by molar-refractivity contribution is 6.10. The van der Waals surface area contributed by atoms with Crippen LogP contribution in [-0.4, -0.2) is 16.8 Å². The molecule has 0 heterocycles. The molecular formula is C16H15FN2O2. The van der Waals surface area contributed by atoms with Gasteiger partial charge in [-0.25, -0.2) is 4.39 Å².